The van der Waals surface area contributed by atoms with Crippen molar-refractivity contribution in [2.75, 3.05) is 13.1 Å². The van der Waals surface area contributed by atoms with Gasteiger partial charge in [-0.15, -0.1) is 0 Å². The van der Waals surface area contributed by atoms with Gasteiger partial charge in [-0.3, -0.25) is 14.6 Å². The second-order valence-electron chi connectivity index (χ2n) is 9.06. The highest BCUT2D eigenvalue weighted by Crippen LogP contribution is 2.24. The van der Waals surface area contributed by atoms with E-state index >= 15 is 0 Å². The number of hydrogen-bond acceptors (Lipinski definition) is 5. The van der Waals surface area contributed by atoms with E-state index in [4.69, 9.17) is 0 Å². The van der Waals surface area contributed by atoms with Gasteiger partial charge in [-0.05, 0) is 44.2 Å². The quantitative estimate of drug-likeness (QED) is 0.706. The standard InChI is InChI=1S/C23H35N5O2/c29-22(25-18-10-4-2-1-3-5-11-18)17-9-8-14-28(16-17)23(30)21-15-20(26-27-21)19-12-6-7-13-24-19/h6-7,12-13,17-18,20-21,26-27H,1-5,8-11,14-16H2,(H,25,29). The van der Waals surface area contributed by atoms with Crippen molar-refractivity contribution in [2.45, 2.75) is 82.3 Å². The molecular weight excluding hydrogens is 378 g/mol. The number of carbonyl (C=O) groups is 2. The summed E-state index contributed by atoms with van der Waals surface area (Å²) in [6.45, 7) is 1.27. The topological polar surface area (TPSA) is 86.4 Å². The monoisotopic (exact) mass is 413 g/mol. The van der Waals surface area contributed by atoms with Crippen LogP contribution in [0.2, 0.25) is 0 Å². The number of amides is 2. The Bertz CT molecular complexity index is 705. The lowest BCUT2D eigenvalue weighted by atomic mass is 9.93. The highest BCUT2D eigenvalue weighted by atomic mass is 16.2. The summed E-state index contributed by atoms with van der Waals surface area (Å²) in [4.78, 5) is 32.3. The maximum atomic E-state index is 13.1. The number of aromatic nitrogens is 1. The van der Waals surface area contributed by atoms with Gasteiger partial charge in [-0.2, -0.15) is 0 Å². The minimum atomic E-state index is -0.274. The Kier molecular flexibility index (Phi) is 7.33. The number of hydrogen-bond donors (Lipinski definition) is 3. The van der Waals surface area contributed by atoms with Gasteiger partial charge in [-0.25, -0.2) is 10.9 Å². The van der Waals surface area contributed by atoms with E-state index < -0.39 is 0 Å². The van der Waals surface area contributed by atoms with E-state index in [1.165, 1.54) is 32.1 Å². The van der Waals surface area contributed by atoms with Gasteiger partial charge in [0.15, 0.2) is 0 Å². The number of nitrogens with zero attached hydrogens (tertiary/aromatic N) is 2. The Balaban J connectivity index is 1.29. The lowest BCUT2D eigenvalue weighted by Gasteiger charge is -2.34. The summed E-state index contributed by atoms with van der Waals surface area (Å²) in [5, 5.41) is 3.30. The molecule has 164 valence electrons. The van der Waals surface area contributed by atoms with E-state index in [0.29, 0.717) is 19.0 Å². The van der Waals surface area contributed by atoms with Crippen LogP contribution in [-0.4, -0.2) is 46.9 Å². The minimum Gasteiger partial charge on any atom is -0.353 e. The van der Waals surface area contributed by atoms with Crippen molar-refractivity contribution in [2.24, 2.45) is 5.92 Å². The molecule has 7 nitrogen and oxygen atoms in total. The van der Waals surface area contributed by atoms with Crippen LogP contribution in [0, 0.1) is 5.92 Å². The van der Waals surface area contributed by atoms with Gasteiger partial charge >= 0.3 is 0 Å². The Morgan fingerprint density at radius 2 is 1.80 bits per heavy atom. The van der Waals surface area contributed by atoms with Crippen molar-refractivity contribution in [1.82, 2.24) is 26.1 Å². The number of pyridine rings is 1. The van der Waals surface area contributed by atoms with E-state index in [1.807, 2.05) is 23.1 Å². The summed E-state index contributed by atoms with van der Waals surface area (Å²) in [5.74, 6) is 0.139. The Morgan fingerprint density at radius 1 is 1.00 bits per heavy atom. The molecule has 3 atom stereocenters. The summed E-state index contributed by atoms with van der Waals surface area (Å²) in [5.41, 5.74) is 7.29. The van der Waals surface area contributed by atoms with E-state index in [9.17, 15) is 9.59 Å². The molecule has 3 unspecified atom stereocenters. The van der Waals surface area contributed by atoms with E-state index in [0.717, 1.165) is 37.9 Å². The maximum Gasteiger partial charge on any atom is 0.241 e. The molecule has 0 radical (unpaired) electrons. The second kappa shape index (κ2) is 10.4. The predicted molar refractivity (Wildman–Crippen MR) is 115 cm³/mol. The zero-order valence-electron chi connectivity index (χ0n) is 17.8. The number of nitrogens with one attached hydrogen (secondary N) is 3. The third kappa shape index (κ3) is 5.38. The van der Waals surface area contributed by atoms with Crippen LogP contribution in [0.5, 0.6) is 0 Å². The van der Waals surface area contributed by atoms with E-state index in [2.05, 4.69) is 21.2 Å². The first-order chi connectivity index (χ1) is 14.7. The van der Waals surface area contributed by atoms with Crippen LogP contribution in [-0.2, 0) is 9.59 Å². The van der Waals surface area contributed by atoms with Crippen molar-refractivity contribution < 1.29 is 9.59 Å². The molecule has 2 amide bonds. The number of hydrazine groups is 1. The Morgan fingerprint density at radius 3 is 2.57 bits per heavy atom. The van der Waals surface area contributed by atoms with Crippen molar-refractivity contribution in [3.8, 4) is 0 Å². The van der Waals surface area contributed by atoms with Crippen LogP contribution < -0.4 is 16.2 Å². The van der Waals surface area contributed by atoms with Crippen LogP contribution in [0.15, 0.2) is 24.4 Å². The molecule has 3 heterocycles. The maximum absolute atomic E-state index is 13.1. The van der Waals surface area contributed by atoms with Gasteiger partial charge in [0.1, 0.15) is 6.04 Å². The zero-order valence-corrected chi connectivity index (χ0v) is 17.8. The number of piperidine rings is 1. The SMILES string of the molecule is O=C(NC1CCCCCCC1)C1CCCN(C(=O)C2CC(c3ccccn3)NN2)C1. The van der Waals surface area contributed by atoms with Crippen molar-refractivity contribution in [3.63, 3.8) is 0 Å². The average Bonchev–Trinajstić information content (AvgIpc) is 3.26. The van der Waals surface area contributed by atoms with Crippen molar-refractivity contribution in [1.29, 1.82) is 0 Å². The minimum absolute atomic E-state index is 0.0309. The van der Waals surface area contributed by atoms with Crippen LogP contribution in [0.3, 0.4) is 0 Å². The van der Waals surface area contributed by atoms with Gasteiger partial charge in [-0.1, -0.05) is 38.2 Å². The highest BCUT2D eigenvalue weighted by Gasteiger charge is 2.36. The molecule has 1 aromatic rings. The fourth-order valence-corrected chi connectivity index (χ4v) is 5.03. The fourth-order valence-electron chi connectivity index (χ4n) is 5.03. The van der Waals surface area contributed by atoms with Gasteiger partial charge in [0.05, 0.1) is 17.7 Å². The molecule has 0 spiro atoms. The lowest BCUT2D eigenvalue weighted by molar-refractivity contribution is -0.137. The highest BCUT2D eigenvalue weighted by molar-refractivity contribution is 5.84. The predicted octanol–water partition coefficient (Wildman–Crippen LogP) is 2.46. The van der Waals surface area contributed by atoms with Crippen LogP contribution in [0.25, 0.3) is 0 Å². The van der Waals surface area contributed by atoms with Gasteiger partial charge in [0, 0.05) is 25.3 Å². The molecule has 1 saturated carbocycles. The number of rotatable bonds is 4. The van der Waals surface area contributed by atoms with Crippen LogP contribution in [0.4, 0.5) is 0 Å². The molecule has 2 saturated heterocycles. The third-order valence-corrected chi connectivity index (χ3v) is 6.80. The van der Waals surface area contributed by atoms with Crippen molar-refractivity contribution >= 4 is 11.8 Å². The Labute approximate surface area is 179 Å². The molecule has 0 bridgehead atoms. The summed E-state index contributed by atoms with van der Waals surface area (Å²) in [6.07, 6.45) is 12.7. The molecule has 2 aliphatic heterocycles. The molecule has 0 aromatic carbocycles. The second-order valence-corrected chi connectivity index (χ2v) is 9.06. The first-order valence-corrected chi connectivity index (χ1v) is 11.7. The summed E-state index contributed by atoms with van der Waals surface area (Å²) in [6, 6.07) is 5.90. The summed E-state index contributed by atoms with van der Waals surface area (Å²) < 4.78 is 0. The van der Waals surface area contributed by atoms with Crippen LogP contribution in [0.1, 0.15) is 75.9 Å². The third-order valence-electron chi connectivity index (χ3n) is 6.80. The first kappa shape index (κ1) is 21.2. The molecule has 1 aromatic heterocycles. The number of likely N-dealkylation sites (tertiary alicyclic amines) is 1. The van der Waals surface area contributed by atoms with E-state index in [-0.39, 0.29) is 29.8 Å². The molecule has 3 fully saturated rings. The van der Waals surface area contributed by atoms with Gasteiger partial charge in [0.25, 0.3) is 0 Å². The summed E-state index contributed by atoms with van der Waals surface area (Å²) in [7, 11) is 0. The molecule has 7 heteroatoms. The van der Waals surface area contributed by atoms with E-state index in [1.54, 1.807) is 6.20 Å². The molecule has 1 aliphatic carbocycles. The molecular formula is C23H35N5O2. The zero-order chi connectivity index (χ0) is 20.8. The first-order valence-electron chi connectivity index (χ1n) is 11.7. The number of carbonyl (C=O) groups excluding carboxylic acids is 2. The van der Waals surface area contributed by atoms with Crippen LogP contribution >= 0.6 is 0 Å². The lowest BCUT2D eigenvalue weighted by Crippen LogP contribution is -2.52. The smallest absolute Gasteiger partial charge is 0.241 e. The molecule has 30 heavy (non-hydrogen) atoms. The molecule has 3 N–H and O–H groups in total. The molecule has 4 rings (SSSR count). The summed E-state index contributed by atoms with van der Waals surface area (Å²) >= 11 is 0. The largest absolute Gasteiger partial charge is 0.353 e. The van der Waals surface area contributed by atoms with Gasteiger partial charge in [0.2, 0.25) is 11.8 Å². The average molecular weight is 414 g/mol. The Hall–Kier alpha value is -1.99. The van der Waals surface area contributed by atoms with Gasteiger partial charge < -0.3 is 10.2 Å². The normalized spacial score (nSPS) is 28.5. The molecule has 3 aliphatic rings. The van der Waals surface area contributed by atoms with Crippen molar-refractivity contribution in [3.05, 3.63) is 30.1 Å². The fraction of sp³-hybridized carbons (Fsp3) is 0.696.